The molecule has 3 N–H and O–H groups in total. The first-order valence-electron chi connectivity index (χ1n) is 2.96. The molecule has 56 valence electrons. The minimum Gasteiger partial charge on any atom is -0.460 e. The molecule has 0 aromatic heterocycles. The van der Waals surface area contributed by atoms with Crippen LogP contribution in [0.1, 0.15) is 6.92 Å². The van der Waals surface area contributed by atoms with Gasteiger partial charge in [-0.3, -0.25) is 5.32 Å². The number of nitrogens with two attached hydrogens (primary N) is 1. The minimum absolute atomic E-state index is 0.136. The number of thiocarbonyl (C=S) groups is 1. The second-order valence-corrected chi connectivity index (χ2v) is 2.50. The largest absolute Gasteiger partial charge is 0.460 e. The molecule has 0 fully saturated rings. The molecule has 1 heterocycles. The van der Waals surface area contributed by atoms with Gasteiger partial charge in [0.2, 0.25) is 0 Å². The number of aliphatic imine (C=N–C) groups is 1. The van der Waals surface area contributed by atoms with Crippen LogP contribution < -0.4 is 11.1 Å². The third kappa shape index (κ3) is 1.84. The van der Waals surface area contributed by atoms with E-state index in [4.69, 9.17) is 10.5 Å². The molecule has 0 saturated heterocycles. The van der Waals surface area contributed by atoms with E-state index in [-0.39, 0.29) is 11.2 Å². The molecule has 1 aliphatic heterocycles. The van der Waals surface area contributed by atoms with Crippen molar-refractivity contribution in [1.29, 1.82) is 0 Å². The highest BCUT2D eigenvalue weighted by atomic mass is 32.1. The van der Waals surface area contributed by atoms with Crippen molar-refractivity contribution < 1.29 is 4.74 Å². The summed E-state index contributed by atoms with van der Waals surface area (Å²) in [4.78, 5) is 3.97. The summed E-state index contributed by atoms with van der Waals surface area (Å²) in [6.45, 7) is 2.60. The number of ether oxygens (including phenoxy) is 1. The van der Waals surface area contributed by atoms with Crippen molar-refractivity contribution in [3.8, 4) is 0 Å². The first-order chi connectivity index (χ1) is 4.68. The number of nitrogens with one attached hydrogen (secondary N) is 1. The Labute approximate surface area is 64.5 Å². The van der Waals surface area contributed by atoms with Crippen LogP contribution in [0.5, 0.6) is 0 Å². The lowest BCUT2D eigenvalue weighted by atomic mass is 10.4. The van der Waals surface area contributed by atoms with Gasteiger partial charge in [-0.1, -0.05) is 0 Å². The average molecular weight is 159 g/mol. The minimum atomic E-state index is 0.136. The zero-order chi connectivity index (χ0) is 7.56. The highest BCUT2D eigenvalue weighted by molar-refractivity contribution is 7.80. The van der Waals surface area contributed by atoms with Crippen molar-refractivity contribution in [3.63, 3.8) is 0 Å². The van der Waals surface area contributed by atoms with E-state index in [1.165, 1.54) is 0 Å². The molecule has 4 nitrogen and oxygen atoms in total. The maximum absolute atomic E-state index is 5.18. The maximum Gasteiger partial charge on any atom is 0.291 e. The van der Waals surface area contributed by atoms with Crippen LogP contribution in [0.15, 0.2) is 4.99 Å². The van der Waals surface area contributed by atoms with E-state index in [9.17, 15) is 0 Å². The quantitative estimate of drug-likeness (QED) is 0.472. The molecule has 1 rings (SSSR count). The monoisotopic (exact) mass is 159 g/mol. The van der Waals surface area contributed by atoms with Crippen LogP contribution in [0.2, 0.25) is 0 Å². The molecule has 0 saturated carbocycles. The molecule has 0 aromatic rings. The van der Waals surface area contributed by atoms with Gasteiger partial charge in [-0.15, -0.1) is 0 Å². The van der Waals surface area contributed by atoms with Gasteiger partial charge in [0, 0.05) is 0 Å². The normalized spacial score (nSPS) is 23.3. The first kappa shape index (κ1) is 7.27. The standard InChI is InChI=1S/C5H9N3OS/c1-3-2-7-5(9-3)8-4(6)10/h3H,2H2,1H3,(H3,6,7,8,10). The summed E-state index contributed by atoms with van der Waals surface area (Å²) in [6, 6.07) is 0.431. The summed E-state index contributed by atoms with van der Waals surface area (Å²) < 4.78 is 5.14. The number of amidine groups is 1. The van der Waals surface area contributed by atoms with Gasteiger partial charge in [0.1, 0.15) is 6.10 Å². The fourth-order valence-corrected chi connectivity index (χ4v) is 0.738. The summed E-state index contributed by atoms with van der Waals surface area (Å²) in [6.07, 6.45) is 0.136. The van der Waals surface area contributed by atoms with Gasteiger partial charge in [-0.05, 0) is 19.1 Å². The zero-order valence-electron chi connectivity index (χ0n) is 5.63. The van der Waals surface area contributed by atoms with Crippen LogP contribution in [0.3, 0.4) is 0 Å². The van der Waals surface area contributed by atoms with E-state index in [0.29, 0.717) is 12.6 Å². The zero-order valence-corrected chi connectivity index (χ0v) is 6.44. The van der Waals surface area contributed by atoms with E-state index < -0.39 is 0 Å². The molecule has 1 unspecified atom stereocenters. The van der Waals surface area contributed by atoms with Crippen LogP contribution in [0.25, 0.3) is 0 Å². The predicted octanol–water partition coefficient (Wildman–Crippen LogP) is -0.406. The Kier molecular flexibility index (Phi) is 2.06. The lowest BCUT2D eigenvalue weighted by molar-refractivity contribution is 0.239. The second-order valence-electron chi connectivity index (χ2n) is 2.06. The smallest absolute Gasteiger partial charge is 0.291 e. The Hall–Kier alpha value is -0.840. The van der Waals surface area contributed by atoms with Gasteiger partial charge >= 0.3 is 0 Å². The van der Waals surface area contributed by atoms with Crippen LogP contribution in [0.4, 0.5) is 0 Å². The highest BCUT2D eigenvalue weighted by Gasteiger charge is 2.14. The first-order valence-corrected chi connectivity index (χ1v) is 3.37. The summed E-state index contributed by atoms with van der Waals surface area (Å²) >= 11 is 4.58. The summed E-state index contributed by atoms with van der Waals surface area (Å²) in [7, 11) is 0. The average Bonchev–Trinajstić information content (AvgIpc) is 2.13. The topological polar surface area (TPSA) is 59.6 Å². The predicted molar refractivity (Wildman–Crippen MR) is 42.8 cm³/mol. The number of hydrogen-bond donors (Lipinski definition) is 2. The van der Waals surface area contributed by atoms with E-state index in [2.05, 4.69) is 22.5 Å². The number of nitrogens with zero attached hydrogens (tertiary/aromatic N) is 1. The van der Waals surface area contributed by atoms with Crippen molar-refractivity contribution in [2.45, 2.75) is 13.0 Å². The molecule has 1 atom stereocenters. The van der Waals surface area contributed by atoms with Gasteiger partial charge in [0.05, 0.1) is 6.54 Å². The third-order valence-corrected chi connectivity index (χ3v) is 1.14. The Morgan fingerprint density at radius 2 is 2.70 bits per heavy atom. The molecule has 5 heteroatoms. The Morgan fingerprint density at radius 3 is 3.10 bits per heavy atom. The van der Waals surface area contributed by atoms with Gasteiger partial charge in [0.15, 0.2) is 5.11 Å². The Bertz CT molecular complexity index is 180. The van der Waals surface area contributed by atoms with E-state index in [1.54, 1.807) is 0 Å². The second kappa shape index (κ2) is 2.83. The maximum atomic E-state index is 5.18. The molecular formula is C5H9N3OS. The van der Waals surface area contributed by atoms with Crippen molar-refractivity contribution in [1.82, 2.24) is 5.32 Å². The fourth-order valence-electron chi connectivity index (χ4n) is 0.651. The van der Waals surface area contributed by atoms with Gasteiger partial charge in [0.25, 0.3) is 6.02 Å². The summed E-state index contributed by atoms with van der Waals surface area (Å²) in [5.41, 5.74) is 5.18. The molecular weight excluding hydrogens is 150 g/mol. The lowest BCUT2D eigenvalue weighted by Gasteiger charge is -2.04. The molecule has 0 aromatic carbocycles. The summed E-state index contributed by atoms with van der Waals surface area (Å²) in [5.74, 6) is 0. The van der Waals surface area contributed by atoms with Crippen LogP contribution in [-0.2, 0) is 4.74 Å². The van der Waals surface area contributed by atoms with Crippen LogP contribution in [-0.4, -0.2) is 23.8 Å². The van der Waals surface area contributed by atoms with E-state index in [0.717, 1.165) is 0 Å². The van der Waals surface area contributed by atoms with Crippen molar-refractivity contribution >= 4 is 23.4 Å². The van der Waals surface area contributed by atoms with E-state index in [1.807, 2.05) is 6.92 Å². The summed E-state index contributed by atoms with van der Waals surface area (Å²) in [5, 5.41) is 2.80. The molecule has 0 aliphatic carbocycles. The molecule has 0 radical (unpaired) electrons. The van der Waals surface area contributed by atoms with Gasteiger partial charge in [-0.25, -0.2) is 4.99 Å². The van der Waals surface area contributed by atoms with Crippen LogP contribution in [0, 0.1) is 0 Å². The molecule has 1 aliphatic rings. The number of rotatable bonds is 0. The molecule has 0 spiro atoms. The van der Waals surface area contributed by atoms with Crippen molar-refractivity contribution in [3.05, 3.63) is 0 Å². The molecule has 0 bridgehead atoms. The molecule has 0 amide bonds. The van der Waals surface area contributed by atoms with Gasteiger partial charge in [-0.2, -0.15) is 0 Å². The fraction of sp³-hybridized carbons (Fsp3) is 0.600. The Morgan fingerprint density at radius 1 is 2.00 bits per heavy atom. The third-order valence-electron chi connectivity index (χ3n) is 1.03. The molecule has 10 heavy (non-hydrogen) atoms. The SMILES string of the molecule is CC1CN=C(NC(N)=S)O1. The van der Waals surface area contributed by atoms with Crippen molar-refractivity contribution in [2.75, 3.05) is 6.54 Å². The van der Waals surface area contributed by atoms with Gasteiger partial charge < -0.3 is 10.5 Å². The van der Waals surface area contributed by atoms with Crippen LogP contribution >= 0.6 is 12.2 Å². The lowest BCUT2D eigenvalue weighted by Crippen LogP contribution is -2.35. The highest BCUT2D eigenvalue weighted by Crippen LogP contribution is 2.00. The Balaban J connectivity index is 2.37. The number of hydrogen-bond acceptors (Lipinski definition) is 3. The van der Waals surface area contributed by atoms with Crippen molar-refractivity contribution in [2.24, 2.45) is 10.7 Å². The van der Waals surface area contributed by atoms with E-state index >= 15 is 0 Å².